The smallest absolute Gasteiger partial charge is 0.0662 e. The van der Waals surface area contributed by atoms with Crippen molar-refractivity contribution in [2.75, 3.05) is 6.54 Å². The number of aliphatic hydroxyl groups is 1. The Labute approximate surface area is 102 Å². The highest BCUT2D eigenvalue weighted by atomic mass is 16.3. The largest absolute Gasteiger partial charge is 0.392 e. The Balaban J connectivity index is 2.08. The molecule has 0 bridgehead atoms. The van der Waals surface area contributed by atoms with Crippen molar-refractivity contribution in [1.29, 1.82) is 0 Å². The quantitative estimate of drug-likeness (QED) is 0.826. The molecule has 0 saturated carbocycles. The summed E-state index contributed by atoms with van der Waals surface area (Å²) in [6.07, 6.45) is 4.27. The first-order valence-corrected chi connectivity index (χ1v) is 6.01. The molecule has 0 saturated heterocycles. The van der Waals surface area contributed by atoms with Gasteiger partial charge in [-0.1, -0.05) is 31.2 Å². The lowest BCUT2D eigenvalue weighted by molar-refractivity contribution is 0.167. The number of rotatable bonds is 5. The van der Waals surface area contributed by atoms with Crippen molar-refractivity contribution in [2.45, 2.75) is 26.0 Å². The number of fused-ring (bicyclic) bond motifs is 1. The molecular formula is C14H18N2O. The van der Waals surface area contributed by atoms with Crippen LogP contribution in [0.25, 0.3) is 10.8 Å². The van der Waals surface area contributed by atoms with Gasteiger partial charge in [-0.2, -0.15) is 0 Å². The molecule has 2 aromatic rings. The Kier molecular flexibility index (Phi) is 4.07. The maximum absolute atomic E-state index is 9.47. The second-order valence-corrected chi connectivity index (χ2v) is 4.21. The molecule has 0 aliphatic carbocycles. The van der Waals surface area contributed by atoms with E-state index in [2.05, 4.69) is 22.4 Å². The van der Waals surface area contributed by atoms with E-state index in [1.165, 1.54) is 10.9 Å². The lowest BCUT2D eigenvalue weighted by Crippen LogP contribution is -2.25. The average molecular weight is 230 g/mol. The molecule has 17 heavy (non-hydrogen) atoms. The van der Waals surface area contributed by atoms with Crippen molar-refractivity contribution in [3.8, 4) is 0 Å². The monoisotopic (exact) mass is 230 g/mol. The van der Waals surface area contributed by atoms with Crippen LogP contribution in [0.15, 0.2) is 36.7 Å². The number of hydrogen-bond acceptors (Lipinski definition) is 3. The zero-order valence-electron chi connectivity index (χ0n) is 10.1. The molecule has 0 aliphatic heterocycles. The summed E-state index contributed by atoms with van der Waals surface area (Å²) in [5, 5.41) is 15.1. The molecule has 1 unspecified atom stereocenters. The highest BCUT2D eigenvalue weighted by Crippen LogP contribution is 2.16. The minimum absolute atomic E-state index is 0.266. The summed E-state index contributed by atoms with van der Waals surface area (Å²) in [4.78, 5) is 4.23. The summed E-state index contributed by atoms with van der Waals surface area (Å²) in [7, 11) is 0. The van der Waals surface area contributed by atoms with Gasteiger partial charge in [-0.15, -0.1) is 0 Å². The van der Waals surface area contributed by atoms with Crippen LogP contribution in [0.4, 0.5) is 0 Å². The number of aromatic nitrogens is 1. The number of nitrogens with zero attached hydrogens (tertiary/aromatic N) is 1. The van der Waals surface area contributed by atoms with Crippen molar-refractivity contribution in [3.63, 3.8) is 0 Å². The number of aliphatic hydroxyl groups excluding tert-OH is 1. The predicted molar refractivity (Wildman–Crippen MR) is 69.7 cm³/mol. The van der Waals surface area contributed by atoms with Gasteiger partial charge in [0.2, 0.25) is 0 Å². The van der Waals surface area contributed by atoms with Gasteiger partial charge in [-0.3, -0.25) is 4.98 Å². The number of nitrogens with one attached hydrogen (secondary N) is 1. The van der Waals surface area contributed by atoms with Gasteiger partial charge in [0.1, 0.15) is 0 Å². The molecular weight excluding hydrogens is 212 g/mol. The molecule has 1 aromatic heterocycles. The fraction of sp³-hybridized carbons (Fsp3) is 0.357. The number of benzene rings is 1. The van der Waals surface area contributed by atoms with Gasteiger partial charge in [0.25, 0.3) is 0 Å². The van der Waals surface area contributed by atoms with Gasteiger partial charge in [0, 0.05) is 30.9 Å². The highest BCUT2D eigenvalue weighted by Gasteiger charge is 2.02. The summed E-state index contributed by atoms with van der Waals surface area (Å²) in [5.41, 5.74) is 1.17. The molecule has 0 spiro atoms. The molecule has 1 atom stereocenters. The maximum atomic E-state index is 9.47. The minimum Gasteiger partial charge on any atom is -0.392 e. The fourth-order valence-corrected chi connectivity index (χ4v) is 1.84. The molecule has 0 amide bonds. The Morgan fingerprint density at radius 2 is 2.12 bits per heavy atom. The first-order valence-electron chi connectivity index (χ1n) is 6.01. The standard InChI is InChI=1S/C14H18N2O/c1-2-13(17)10-16-9-12-8-15-7-11-5-3-4-6-14(11)12/h3-8,13,16-17H,2,9-10H2,1H3. The second kappa shape index (κ2) is 5.75. The Morgan fingerprint density at radius 1 is 1.29 bits per heavy atom. The molecule has 2 N–H and O–H groups in total. The molecule has 2 rings (SSSR count). The highest BCUT2D eigenvalue weighted by molar-refractivity contribution is 5.84. The number of hydrogen-bond donors (Lipinski definition) is 2. The summed E-state index contributed by atoms with van der Waals surface area (Å²) >= 11 is 0. The van der Waals surface area contributed by atoms with Crippen LogP contribution >= 0.6 is 0 Å². The Morgan fingerprint density at radius 3 is 2.94 bits per heavy atom. The van der Waals surface area contributed by atoms with Gasteiger partial charge in [-0.05, 0) is 17.4 Å². The molecule has 1 heterocycles. The van der Waals surface area contributed by atoms with Crippen molar-refractivity contribution in [3.05, 3.63) is 42.2 Å². The van der Waals surface area contributed by atoms with Crippen molar-refractivity contribution < 1.29 is 5.11 Å². The summed E-state index contributed by atoms with van der Waals surface area (Å²) < 4.78 is 0. The molecule has 90 valence electrons. The normalized spacial score (nSPS) is 12.8. The van der Waals surface area contributed by atoms with Crippen LogP contribution in [0.2, 0.25) is 0 Å². The van der Waals surface area contributed by atoms with E-state index in [0.717, 1.165) is 18.4 Å². The maximum Gasteiger partial charge on any atom is 0.0662 e. The van der Waals surface area contributed by atoms with Gasteiger partial charge in [0.05, 0.1) is 6.10 Å². The average Bonchev–Trinajstić information content (AvgIpc) is 2.39. The van der Waals surface area contributed by atoms with Crippen LogP contribution in [0, 0.1) is 0 Å². The molecule has 0 aliphatic rings. The lowest BCUT2D eigenvalue weighted by atomic mass is 10.1. The van der Waals surface area contributed by atoms with E-state index in [9.17, 15) is 5.11 Å². The summed E-state index contributed by atoms with van der Waals surface area (Å²) in [5.74, 6) is 0. The molecule has 3 heteroatoms. The van der Waals surface area contributed by atoms with Crippen LogP contribution in [-0.2, 0) is 6.54 Å². The van der Waals surface area contributed by atoms with Gasteiger partial charge >= 0.3 is 0 Å². The van der Waals surface area contributed by atoms with E-state index in [1.807, 2.05) is 31.5 Å². The molecule has 0 radical (unpaired) electrons. The van der Waals surface area contributed by atoms with Crippen LogP contribution in [0.5, 0.6) is 0 Å². The van der Waals surface area contributed by atoms with Gasteiger partial charge < -0.3 is 10.4 Å². The molecule has 3 nitrogen and oxygen atoms in total. The van der Waals surface area contributed by atoms with Gasteiger partial charge in [0.15, 0.2) is 0 Å². The van der Waals surface area contributed by atoms with Crippen molar-refractivity contribution in [2.24, 2.45) is 0 Å². The lowest BCUT2D eigenvalue weighted by Gasteiger charge is -2.10. The van der Waals surface area contributed by atoms with E-state index in [0.29, 0.717) is 6.54 Å². The van der Waals surface area contributed by atoms with E-state index in [-0.39, 0.29) is 6.10 Å². The summed E-state index contributed by atoms with van der Waals surface area (Å²) in [6.45, 7) is 3.34. The van der Waals surface area contributed by atoms with Crippen LogP contribution in [-0.4, -0.2) is 22.7 Å². The first-order chi connectivity index (χ1) is 8.31. The fourth-order valence-electron chi connectivity index (χ4n) is 1.84. The van der Waals surface area contributed by atoms with Gasteiger partial charge in [-0.25, -0.2) is 0 Å². The Hall–Kier alpha value is -1.45. The second-order valence-electron chi connectivity index (χ2n) is 4.21. The predicted octanol–water partition coefficient (Wildman–Crippen LogP) is 2.10. The zero-order valence-corrected chi connectivity index (χ0v) is 10.1. The molecule has 1 aromatic carbocycles. The number of pyridine rings is 1. The van der Waals surface area contributed by atoms with E-state index in [4.69, 9.17) is 0 Å². The third-order valence-electron chi connectivity index (χ3n) is 2.92. The van der Waals surface area contributed by atoms with Crippen molar-refractivity contribution >= 4 is 10.8 Å². The minimum atomic E-state index is -0.266. The summed E-state index contributed by atoms with van der Waals surface area (Å²) in [6, 6.07) is 8.21. The molecule has 0 fully saturated rings. The topological polar surface area (TPSA) is 45.1 Å². The zero-order chi connectivity index (χ0) is 12.1. The van der Waals surface area contributed by atoms with Crippen LogP contribution < -0.4 is 5.32 Å². The van der Waals surface area contributed by atoms with Crippen molar-refractivity contribution in [1.82, 2.24) is 10.3 Å². The third-order valence-corrected chi connectivity index (χ3v) is 2.92. The SMILES string of the molecule is CCC(O)CNCc1cncc2ccccc12. The van der Waals surface area contributed by atoms with Crippen LogP contribution in [0.1, 0.15) is 18.9 Å². The third kappa shape index (κ3) is 3.02. The van der Waals surface area contributed by atoms with E-state index < -0.39 is 0 Å². The first kappa shape index (κ1) is 12.0. The Bertz CT molecular complexity index is 479. The van der Waals surface area contributed by atoms with E-state index in [1.54, 1.807) is 0 Å². The van der Waals surface area contributed by atoms with E-state index >= 15 is 0 Å². The van der Waals surface area contributed by atoms with Crippen LogP contribution in [0.3, 0.4) is 0 Å².